The number of rotatable bonds is 2. The van der Waals surface area contributed by atoms with Crippen LogP contribution in [0.2, 0.25) is 5.02 Å². The van der Waals surface area contributed by atoms with Crippen LogP contribution >= 0.6 is 11.6 Å². The van der Waals surface area contributed by atoms with Crippen LogP contribution in [0.3, 0.4) is 0 Å². The number of aromatic nitrogens is 2. The fourth-order valence-corrected chi connectivity index (χ4v) is 2.78. The molecule has 0 atom stereocenters. The lowest BCUT2D eigenvalue weighted by atomic mass is 9.94. The molecule has 0 aliphatic heterocycles. The Morgan fingerprint density at radius 3 is 2.90 bits per heavy atom. The molecule has 1 aliphatic carbocycles. The van der Waals surface area contributed by atoms with Crippen LogP contribution < -0.4 is 0 Å². The maximum Gasteiger partial charge on any atom is 0.173 e. The molecule has 1 aromatic carbocycles. The summed E-state index contributed by atoms with van der Waals surface area (Å²) in [6.45, 7) is 0.483. The summed E-state index contributed by atoms with van der Waals surface area (Å²) in [5.74, 6) is 0.0215. The summed E-state index contributed by atoms with van der Waals surface area (Å²) in [5, 5.41) is 14.1. The Morgan fingerprint density at radius 2 is 2.15 bits per heavy atom. The van der Waals surface area contributed by atoms with Gasteiger partial charge in [0.2, 0.25) is 0 Å². The van der Waals surface area contributed by atoms with Crippen molar-refractivity contribution in [3.63, 3.8) is 0 Å². The smallest absolute Gasteiger partial charge is 0.173 e. The van der Waals surface area contributed by atoms with E-state index in [4.69, 9.17) is 16.9 Å². The maximum atomic E-state index is 12.0. The van der Waals surface area contributed by atoms with Gasteiger partial charge in [0.15, 0.2) is 11.5 Å². The molecule has 0 spiro atoms. The van der Waals surface area contributed by atoms with Crippen molar-refractivity contribution in [2.24, 2.45) is 0 Å². The van der Waals surface area contributed by atoms with E-state index in [1.54, 1.807) is 4.68 Å². The highest BCUT2D eigenvalue weighted by molar-refractivity contribution is 6.31. The van der Waals surface area contributed by atoms with E-state index in [1.165, 1.54) is 0 Å². The van der Waals surface area contributed by atoms with E-state index in [9.17, 15) is 4.79 Å². The van der Waals surface area contributed by atoms with Gasteiger partial charge in [-0.05, 0) is 24.5 Å². The van der Waals surface area contributed by atoms with E-state index in [0.29, 0.717) is 23.6 Å². The van der Waals surface area contributed by atoms with Gasteiger partial charge in [-0.1, -0.05) is 29.8 Å². The van der Waals surface area contributed by atoms with Gasteiger partial charge in [-0.2, -0.15) is 10.4 Å². The lowest BCUT2D eigenvalue weighted by molar-refractivity contribution is 0.0971. The standard InChI is InChI=1S/C15H12ClN3O/c16-11-5-2-1-4-10(11)9-19-13-6-3-7-14(20)15(13)12(8-17)18-19/h1-2,4-5H,3,6-7,9H2. The van der Waals surface area contributed by atoms with Crippen LogP contribution in [-0.2, 0) is 13.0 Å². The highest BCUT2D eigenvalue weighted by Crippen LogP contribution is 2.26. The second kappa shape index (κ2) is 5.10. The minimum absolute atomic E-state index is 0.0215. The largest absolute Gasteiger partial charge is 0.294 e. The van der Waals surface area contributed by atoms with Gasteiger partial charge in [-0.25, -0.2) is 0 Å². The minimum atomic E-state index is 0.0215. The quantitative estimate of drug-likeness (QED) is 0.852. The number of fused-ring (bicyclic) bond motifs is 1. The summed E-state index contributed by atoms with van der Waals surface area (Å²) in [6, 6.07) is 9.55. The van der Waals surface area contributed by atoms with Crippen LogP contribution in [0.5, 0.6) is 0 Å². The van der Waals surface area contributed by atoms with Crippen LogP contribution in [0.15, 0.2) is 24.3 Å². The fraction of sp³-hybridized carbons (Fsp3) is 0.267. The van der Waals surface area contributed by atoms with E-state index >= 15 is 0 Å². The topological polar surface area (TPSA) is 58.7 Å². The summed E-state index contributed by atoms with van der Waals surface area (Å²) in [7, 11) is 0. The monoisotopic (exact) mass is 285 g/mol. The summed E-state index contributed by atoms with van der Waals surface area (Å²) in [5.41, 5.74) is 2.53. The molecule has 1 heterocycles. The molecule has 0 bridgehead atoms. The number of carbonyl (C=O) groups excluding carboxylic acids is 1. The number of Topliss-reactive ketones (excluding diaryl/α,β-unsaturated/α-hetero) is 1. The SMILES string of the molecule is N#Cc1nn(Cc2ccccc2Cl)c2c1C(=O)CCC2. The molecule has 1 aliphatic rings. The second-order valence-electron chi connectivity index (χ2n) is 4.81. The van der Waals surface area contributed by atoms with E-state index in [0.717, 1.165) is 24.1 Å². The first-order valence-corrected chi connectivity index (χ1v) is 6.85. The fourth-order valence-electron chi connectivity index (χ4n) is 2.58. The third-order valence-electron chi connectivity index (χ3n) is 3.54. The van der Waals surface area contributed by atoms with E-state index in [-0.39, 0.29) is 11.5 Å². The Hall–Kier alpha value is -2.12. The average Bonchev–Trinajstić information content (AvgIpc) is 2.81. The number of nitriles is 1. The molecule has 1 aromatic heterocycles. The van der Waals surface area contributed by atoms with Gasteiger partial charge < -0.3 is 0 Å². The molecule has 20 heavy (non-hydrogen) atoms. The minimum Gasteiger partial charge on any atom is -0.294 e. The first-order valence-electron chi connectivity index (χ1n) is 6.47. The van der Waals surface area contributed by atoms with Crippen molar-refractivity contribution in [2.45, 2.75) is 25.8 Å². The first-order chi connectivity index (χ1) is 9.70. The lowest BCUT2D eigenvalue weighted by Gasteiger charge is -2.13. The van der Waals surface area contributed by atoms with Gasteiger partial charge >= 0.3 is 0 Å². The predicted octanol–water partition coefficient (Wildman–Crippen LogP) is 2.98. The van der Waals surface area contributed by atoms with Gasteiger partial charge in [0, 0.05) is 11.4 Å². The van der Waals surface area contributed by atoms with Crippen LogP contribution in [0.4, 0.5) is 0 Å². The van der Waals surface area contributed by atoms with Crippen molar-refractivity contribution in [2.75, 3.05) is 0 Å². The number of halogens is 1. The van der Waals surface area contributed by atoms with Crippen molar-refractivity contribution in [1.82, 2.24) is 9.78 Å². The average molecular weight is 286 g/mol. The number of ketones is 1. The Bertz CT molecular complexity index is 727. The molecule has 0 amide bonds. The number of hydrogen-bond donors (Lipinski definition) is 0. The molecule has 0 N–H and O–H groups in total. The molecule has 2 aromatic rings. The van der Waals surface area contributed by atoms with Crippen molar-refractivity contribution < 1.29 is 4.79 Å². The van der Waals surface area contributed by atoms with Gasteiger partial charge in [-0.15, -0.1) is 0 Å². The zero-order chi connectivity index (χ0) is 14.1. The molecule has 0 fully saturated rings. The zero-order valence-corrected chi connectivity index (χ0v) is 11.5. The molecule has 0 unspecified atom stereocenters. The van der Waals surface area contributed by atoms with Crippen molar-refractivity contribution >= 4 is 17.4 Å². The Labute approximate surface area is 121 Å². The third-order valence-corrected chi connectivity index (χ3v) is 3.91. The van der Waals surface area contributed by atoms with Gasteiger partial charge in [-0.3, -0.25) is 9.48 Å². The van der Waals surface area contributed by atoms with Crippen molar-refractivity contribution in [3.8, 4) is 6.07 Å². The van der Waals surface area contributed by atoms with Crippen molar-refractivity contribution in [3.05, 3.63) is 51.8 Å². The molecule has 100 valence electrons. The Kier molecular flexibility index (Phi) is 3.29. The highest BCUT2D eigenvalue weighted by Gasteiger charge is 2.27. The number of carbonyl (C=O) groups is 1. The normalized spacial score (nSPS) is 13.9. The van der Waals surface area contributed by atoms with Gasteiger partial charge in [0.1, 0.15) is 6.07 Å². The Morgan fingerprint density at radius 1 is 1.35 bits per heavy atom. The molecule has 4 nitrogen and oxygen atoms in total. The number of hydrogen-bond acceptors (Lipinski definition) is 3. The summed E-state index contributed by atoms with van der Waals surface area (Å²) in [6.07, 6.45) is 2.09. The maximum absolute atomic E-state index is 12.0. The zero-order valence-electron chi connectivity index (χ0n) is 10.8. The van der Waals surface area contributed by atoms with Crippen LogP contribution in [0, 0.1) is 11.3 Å². The van der Waals surface area contributed by atoms with Crippen LogP contribution in [0.1, 0.15) is 40.2 Å². The molecule has 0 saturated heterocycles. The lowest BCUT2D eigenvalue weighted by Crippen LogP contribution is -2.14. The summed E-state index contributed by atoms with van der Waals surface area (Å²) >= 11 is 6.15. The van der Waals surface area contributed by atoms with E-state index in [2.05, 4.69) is 5.10 Å². The summed E-state index contributed by atoms with van der Waals surface area (Å²) in [4.78, 5) is 12.0. The predicted molar refractivity (Wildman–Crippen MR) is 74.8 cm³/mol. The molecular formula is C15H12ClN3O. The highest BCUT2D eigenvalue weighted by atomic mass is 35.5. The Balaban J connectivity index is 2.06. The number of benzene rings is 1. The second-order valence-corrected chi connectivity index (χ2v) is 5.22. The van der Waals surface area contributed by atoms with E-state index < -0.39 is 0 Å². The number of nitrogens with zero attached hydrogens (tertiary/aromatic N) is 3. The molecular weight excluding hydrogens is 274 g/mol. The first kappa shape index (κ1) is 12.9. The molecule has 3 rings (SSSR count). The molecule has 5 heteroatoms. The third kappa shape index (κ3) is 2.10. The van der Waals surface area contributed by atoms with E-state index in [1.807, 2.05) is 30.3 Å². The van der Waals surface area contributed by atoms with Crippen molar-refractivity contribution in [1.29, 1.82) is 5.26 Å². The van der Waals surface area contributed by atoms with Gasteiger partial charge in [0.05, 0.1) is 17.8 Å². The van der Waals surface area contributed by atoms with Gasteiger partial charge in [0.25, 0.3) is 0 Å². The molecule has 0 radical (unpaired) electrons. The van der Waals surface area contributed by atoms with Crippen LogP contribution in [0.25, 0.3) is 0 Å². The molecule has 0 saturated carbocycles. The van der Waals surface area contributed by atoms with Crippen LogP contribution in [-0.4, -0.2) is 15.6 Å². The summed E-state index contributed by atoms with van der Waals surface area (Å²) < 4.78 is 1.74.